The van der Waals surface area contributed by atoms with E-state index in [1.54, 1.807) is 52.7 Å². The molecule has 3 aromatic rings. The van der Waals surface area contributed by atoms with E-state index in [9.17, 15) is 5.26 Å². The number of pyridine rings is 1. The molecule has 0 aliphatic rings. The summed E-state index contributed by atoms with van der Waals surface area (Å²) in [7, 11) is 6.28. The maximum absolute atomic E-state index is 9.54. The molecule has 0 saturated carbocycles. The summed E-state index contributed by atoms with van der Waals surface area (Å²) < 4.78 is 21.3. The van der Waals surface area contributed by atoms with E-state index in [-0.39, 0.29) is 12.4 Å². The van der Waals surface area contributed by atoms with Crippen LogP contribution >= 0.6 is 12.4 Å². The van der Waals surface area contributed by atoms with Crippen LogP contribution in [0.4, 0.5) is 11.4 Å². The van der Waals surface area contributed by atoms with E-state index in [2.05, 4.69) is 16.4 Å². The third-order valence-electron chi connectivity index (χ3n) is 4.15. The van der Waals surface area contributed by atoms with E-state index >= 15 is 0 Å². The average Bonchev–Trinajstić information content (AvgIpc) is 2.72. The van der Waals surface area contributed by atoms with Crippen molar-refractivity contribution in [2.24, 2.45) is 0 Å². The highest BCUT2D eigenvalue weighted by Crippen LogP contribution is 2.38. The van der Waals surface area contributed by atoms with Gasteiger partial charge in [0, 0.05) is 29.4 Å². The van der Waals surface area contributed by atoms with E-state index in [0.29, 0.717) is 39.8 Å². The molecule has 0 aliphatic carbocycles. The summed E-state index contributed by atoms with van der Waals surface area (Å²) in [6, 6.07) is 11.2. The number of nitrogens with zero attached hydrogens (tertiary/aromatic N) is 2. The van der Waals surface area contributed by atoms with Gasteiger partial charge in [-0.2, -0.15) is 5.26 Å². The molecule has 8 heteroatoms. The maximum Gasteiger partial charge on any atom is 0.162 e. The first kappa shape index (κ1) is 20.9. The molecular weight excluding hydrogens is 382 g/mol. The van der Waals surface area contributed by atoms with Crippen molar-refractivity contribution in [1.29, 1.82) is 5.26 Å². The van der Waals surface area contributed by atoms with Gasteiger partial charge in [-0.1, -0.05) is 0 Å². The number of nitrogens with one attached hydrogen (secondary N) is 1. The molecule has 2 aromatic carbocycles. The molecule has 0 saturated heterocycles. The van der Waals surface area contributed by atoms with Crippen LogP contribution in [0.1, 0.15) is 5.56 Å². The lowest BCUT2D eigenvalue weighted by atomic mass is 10.1. The smallest absolute Gasteiger partial charge is 0.162 e. The standard InChI is InChI=1S/C20H19N3O4.ClH/c1-24-16-6-5-13(7-17(16)25-2)23-20-12(10-21)11-22-15-9-19(27-4)18(26-3)8-14(15)20;/h5-9,11H,1-4H3,(H,22,23);1H. The summed E-state index contributed by atoms with van der Waals surface area (Å²) in [6.45, 7) is 0. The van der Waals surface area contributed by atoms with Gasteiger partial charge in [-0.05, 0) is 18.2 Å². The molecule has 0 bridgehead atoms. The van der Waals surface area contributed by atoms with Gasteiger partial charge >= 0.3 is 0 Å². The van der Waals surface area contributed by atoms with Gasteiger partial charge in [-0.15, -0.1) is 12.4 Å². The Morgan fingerprint density at radius 1 is 0.857 bits per heavy atom. The van der Waals surface area contributed by atoms with Crippen molar-refractivity contribution >= 4 is 34.7 Å². The van der Waals surface area contributed by atoms with E-state index < -0.39 is 0 Å². The molecule has 1 aromatic heterocycles. The Morgan fingerprint density at radius 2 is 1.46 bits per heavy atom. The fourth-order valence-corrected chi connectivity index (χ4v) is 2.80. The molecule has 0 spiro atoms. The maximum atomic E-state index is 9.54. The molecule has 1 heterocycles. The Morgan fingerprint density at radius 3 is 2.07 bits per heavy atom. The van der Waals surface area contributed by atoms with Crippen LogP contribution in [0.2, 0.25) is 0 Å². The summed E-state index contributed by atoms with van der Waals surface area (Å²) in [4.78, 5) is 4.36. The van der Waals surface area contributed by atoms with Crippen LogP contribution in [-0.2, 0) is 0 Å². The van der Waals surface area contributed by atoms with Gasteiger partial charge in [0.2, 0.25) is 0 Å². The Hall–Kier alpha value is -3.37. The van der Waals surface area contributed by atoms with Gasteiger partial charge in [-0.3, -0.25) is 4.98 Å². The van der Waals surface area contributed by atoms with Crippen molar-refractivity contribution < 1.29 is 18.9 Å². The van der Waals surface area contributed by atoms with Crippen molar-refractivity contribution in [3.05, 3.63) is 42.1 Å². The van der Waals surface area contributed by atoms with Gasteiger partial charge in [0.25, 0.3) is 0 Å². The van der Waals surface area contributed by atoms with Crippen LogP contribution < -0.4 is 24.3 Å². The number of hydrogen-bond donors (Lipinski definition) is 1. The summed E-state index contributed by atoms with van der Waals surface area (Å²) in [6.07, 6.45) is 1.53. The second-order valence-electron chi connectivity index (χ2n) is 5.58. The summed E-state index contributed by atoms with van der Waals surface area (Å²) in [5.41, 5.74) is 2.45. The van der Waals surface area contributed by atoms with Crippen molar-refractivity contribution in [1.82, 2.24) is 4.98 Å². The van der Waals surface area contributed by atoms with Gasteiger partial charge in [-0.25, -0.2) is 0 Å². The molecule has 1 N–H and O–H groups in total. The van der Waals surface area contributed by atoms with Crippen LogP contribution in [0.15, 0.2) is 36.5 Å². The third kappa shape index (κ3) is 3.82. The van der Waals surface area contributed by atoms with E-state index in [4.69, 9.17) is 18.9 Å². The van der Waals surface area contributed by atoms with Crippen molar-refractivity contribution in [3.8, 4) is 29.1 Å². The largest absolute Gasteiger partial charge is 0.493 e. The van der Waals surface area contributed by atoms with Gasteiger partial charge in [0.1, 0.15) is 6.07 Å². The lowest BCUT2D eigenvalue weighted by Gasteiger charge is -2.15. The first-order valence-electron chi connectivity index (χ1n) is 8.09. The molecule has 3 rings (SSSR count). The van der Waals surface area contributed by atoms with Crippen LogP contribution in [0.5, 0.6) is 23.0 Å². The predicted octanol–water partition coefficient (Wildman–Crippen LogP) is 4.31. The van der Waals surface area contributed by atoms with Crippen molar-refractivity contribution in [2.75, 3.05) is 33.8 Å². The SMILES string of the molecule is COc1ccc(Nc2c(C#N)cnc3cc(OC)c(OC)cc23)cc1OC.Cl. The fraction of sp³-hybridized carbons (Fsp3) is 0.200. The monoisotopic (exact) mass is 401 g/mol. The van der Waals surface area contributed by atoms with Gasteiger partial charge in [0.05, 0.1) is 45.2 Å². The zero-order chi connectivity index (χ0) is 19.4. The minimum absolute atomic E-state index is 0. The third-order valence-corrected chi connectivity index (χ3v) is 4.15. The number of hydrogen-bond acceptors (Lipinski definition) is 7. The Bertz CT molecular complexity index is 1030. The molecule has 7 nitrogen and oxygen atoms in total. The average molecular weight is 402 g/mol. The second kappa shape index (κ2) is 9.02. The van der Waals surface area contributed by atoms with E-state index in [0.717, 1.165) is 11.1 Å². The molecule has 0 aliphatic heterocycles. The Kier molecular flexibility index (Phi) is 6.74. The molecule has 146 valence electrons. The number of halogens is 1. The molecule has 0 unspecified atom stereocenters. The molecule has 0 radical (unpaired) electrons. The highest BCUT2D eigenvalue weighted by Gasteiger charge is 2.15. The zero-order valence-electron chi connectivity index (χ0n) is 15.9. The molecular formula is C20H20ClN3O4. The predicted molar refractivity (Wildman–Crippen MR) is 110 cm³/mol. The molecule has 0 amide bonds. The Labute approximate surface area is 169 Å². The summed E-state index contributed by atoms with van der Waals surface area (Å²) >= 11 is 0. The van der Waals surface area contributed by atoms with Crippen LogP contribution in [0, 0.1) is 11.3 Å². The molecule has 28 heavy (non-hydrogen) atoms. The lowest BCUT2D eigenvalue weighted by molar-refractivity contribution is 0.355. The van der Waals surface area contributed by atoms with Crippen LogP contribution in [0.25, 0.3) is 10.9 Å². The number of anilines is 2. The van der Waals surface area contributed by atoms with Crippen LogP contribution in [-0.4, -0.2) is 33.4 Å². The molecule has 0 atom stereocenters. The minimum Gasteiger partial charge on any atom is -0.493 e. The van der Waals surface area contributed by atoms with Crippen molar-refractivity contribution in [2.45, 2.75) is 0 Å². The van der Waals surface area contributed by atoms with E-state index in [1.165, 1.54) is 6.20 Å². The van der Waals surface area contributed by atoms with E-state index in [1.807, 2.05) is 6.07 Å². The number of ether oxygens (including phenoxy) is 4. The number of methoxy groups -OCH3 is 4. The van der Waals surface area contributed by atoms with Crippen molar-refractivity contribution in [3.63, 3.8) is 0 Å². The number of fused-ring (bicyclic) bond motifs is 1. The van der Waals surface area contributed by atoms with Gasteiger partial charge < -0.3 is 24.3 Å². The first-order chi connectivity index (χ1) is 13.1. The fourth-order valence-electron chi connectivity index (χ4n) is 2.80. The second-order valence-corrected chi connectivity index (χ2v) is 5.58. The highest BCUT2D eigenvalue weighted by molar-refractivity contribution is 5.97. The normalized spacial score (nSPS) is 9.82. The zero-order valence-corrected chi connectivity index (χ0v) is 16.7. The number of rotatable bonds is 6. The lowest BCUT2D eigenvalue weighted by Crippen LogP contribution is -1.99. The summed E-state index contributed by atoms with van der Waals surface area (Å²) in [5, 5.41) is 13.6. The quantitative estimate of drug-likeness (QED) is 0.658. The number of nitriles is 1. The van der Waals surface area contributed by atoms with Crippen LogP contribution in [0.3, 0.4) is 0 Å². The highest BCUT2D eigenvalue weighted by atomic mass is 35.5. The topological polar surface area (TPSA) is 85.6 Å². The first-order valence-corrected chi connectivity index (χ1v) is 8.09. The molecule has 0 fully saturated rings. The van der Waals surface area contributed by atoms with Gasteiger partial charge in [0.15, 0.2) is 23.0 Å². The minimum atomic E-state index is 0. The summed E-state index contributed by atoms with van der Waals surface area (Å²) in [5.74, 6) is 2.32. The number of benzene rings is 2. The Balaban J connectivity index is 0.00000280. The number of aromatic nitrogens is 1.